The first-order valence-electron chi connectivity index (χ1n) is 5.75. The second-order valence-electron chi connectivity index (χ2n) is 4.29. The van der Waals surface area contributed by atoms with Crippen LogP contribution >= 0.6 is 0 Å². The van der Waals surface area contributed by atoms with Gasteiger partial charge in [-0.25, -0.2) is 18.4 Å². The maximum atomic E-state index is 13.8. The zero-order chi connectivity index (χ0) is 13.9. The van der Waals surface area contributed by atoms with E-state index in [1.165, 1.54) is 23.4 Å². The first-order valence-corrected chi connectivity index (χ1v) is 5.75. The number of hydrogen-bond donors (Lipinski definition) is 2. The molecule has 1 atom stereocenters. The Labute approximate surface area is 108 Å². The van der Waals surface area contributed by atoms with Crippen molar-refractivity contribution in [1.29, 1.82) is 0 Å². The van der Waals surface area contributed by atoms with Crippen LogP contribution < -0.4 is 5.73 Å². The molecule has 2 rings (SSSR count). The highest BCUT2D eigenvalue weighted by atomic mass is 19.1. The summed E-state index contributed by atoms with van der Waals surface area (Å²) < 4.78 is 28.1. The minimum atomic E-state index is -1.56. The van der Waals surface area contributed by atoms with Gasteiger partial charge in [0.2, 0.25) is 0 Å². The van der Waals surface area contributed by atoms with Gasteiger partial charge in [0.15, 0.2) is 0 Å². The molecule has 3 N–H and O–H groups in total. The van der Waals surface area contributed by atoms with E-state index >= 15 is 0 Å². The summed E-state index contributed by atoms with van der Waals surface area (Å²) >= 11 is 0. The van der Waals surface area contributed by atoms with Crippen LogP contribution in [0.25, 0.3) is 0 Å². The number of nitrogens with zero attached hydrogens (tertiary/aromatic N) is 3. The normalized spacial score (nSPS) is 14.3. The number of aromatic nitrogens is 3. The third kappa shape index (κ3) is 2.94. The second kappa shape index (κ2) is 5.41. The molecule has 102 valence electrons. The second-order valence-corrected chi connectivity index (χ2v) is 4.29. The lowest BCUT2D eigenvalue weighted by atomic mass is 9.90. The fourth-order valence-corrected chi connectivity index (χ4v) is 1.99. The van der Waals surface area contributed by atoms with Gasteiger partial charge in [-0.2, -0.15) is 5.10 Å². The molecule has 1 heterocycles. The summed E-state index contributed by atoms with van der Waals surface area (Å²) in [6.45, 7) is 0.148. The molecule has 0 fully saturated rings. The third-order valence-electron chi connectivity index (χ3n) is 2.88. The summed E-state index contributed by atoms with van der Waals surface area (Å²) in [5.74, 6) is -1.51. The number of hydrogen-bond acceptors (Lipinski definition) is 4. The first kappa shape index (κ1) is 13.6. The van der Waals surface area contributed by atoms with E-state index in [0.717, 1.165) is 12.1 Å². The number of benzene rings is 1. The Hall–Kier alpha value is -1.86. The molecule has 19 heavy (non-hydrogen) atoms. The highest BCUT2D eigenvalue weighted by Crippen LogP contribution is 2.29. The Morgan fingerprint density at radius 1 is 1.37 bits per heavy atom. The van der Waals surface area contributed by atoms with Crippen molar-refractivity contribution < 1.29 is 13.9 Å². The van der Waals surface area contributed by atoms with Crippen molar-refractivity contribution in [3.63, 3.8) is 0 Å². The molecule has 0 amide bonds. The average Bonchev–Trinajstić information content (AvgIpc) is 2.81. The molecule has 1 aromatic carbocycles. The molecule has 0 bridgehead atoms. The number of aliphatic hydroxyl groups is 1. The van der Waals surface area contributed by atoms with Crippen LogP contribution in [0.15, 0.2) is 30.9 Å². The molecule has 2 aromatic rings. The van der Waals surface area contributed by atoms with Gasteiger partial charge in [-0.3, -0.25) is 0 Å². The lowest BCUT2D eigenvalue weighted by molar-refractivity contribution is 0.00531. The molecule has 7 heteroatoms. The SMILES string of the molecule is NCCC(O)(Cn1cncn1)c1ccc(F)cc1F. The minimum absolute atomic E-state index is 0.00477. The van der Waals surface area contributed by atoms with E-state index < -0.39 is 17.2 Å². The minimum Gasteiger partial charge on any atom is -0.383 e. The lowest BCUT2D eigenvalue weighted by Gasteiger charge is -2.28. The number of nitrogens with two attached hydrogens (primary N) is 1. The van der Waals surface area contributed by atoms with Gasteiger partial charge in [0.1, 0.15) is 29.9 Å². The van der Waals surface area contributed by atoms with Crippen LogP contribution in [0.1, 0.15) is 12.0 Å². The summed E-state index contributed by atoms with van der Waals surface area (Å²) in [7, 11) is 0. The Balaban J connectivity index is 2.37. The Kier molecular flexibility index (Phi) is 3.87. The zero-order valence-corrected chi connectivity index (χ0v) is 10.1. The molecular formula is C12H14F2N4O. The van der Waals surface area contributed by atoms with Crippen molar-refractivity contribution in [1.82, 2.24) is 14.8 Å². The van der Waals surface area contributed by atoms with Gasteiger partial charge in [0, 0.05) is 11.6 Å². The van der Waals surface area contributed by atoms with Crippen molar-refractivity contribution in [2.24, 2.45) is 5.73 Å². The summed E-state index contributed by atoms with van der Waals surface area (Å²) in [5, 5.41) is 14.5. The van der Waals surface area contributed by atoms with Crippen molar-refractivity contribution in [3.05, 3.63) is 48.1 Å². The molecule has 0 radical (unpaired) electrons. The molecular weight excluding hydrogens is 254 g/mol. The van der Waals surface area contributed by atoms with Gasteiger partial charge in [-0.05, 0) is 19.0 Å². The van der Waals surface area contributed by atoms with Gasteiger partial charge in [-0.1, -0.05) is 6.07 Å². The molecule has 0 aliphatic heterocycles. The Bertz CT molecular complexity index is 547. The fraction of sp³-hybridized carbons (Fsp3) is 0.333. The molecule has 5 nitrogen and oxygen atoms in total. The predicted octanol–water partition coefficient (Wildman–Crippen LogP) is 0.793. The van der Waals surface area contributed by atoms with Gasteiger partial charge < -0.3 is 10.8 Å². The molecule has 0 saturated heterocycles. The summed E-state index contributed by atoms with van der Waals surface area (Å²) in [6.07, 6.45) is 2.84. The third-order valence-corrected chi connectivity index (χ3v) is 2.88. The van der Waals surface area contributed by atoms with Crippen molar-refractivity contribution >= 4 is 0 Å². The fourth-order valence-electron chi connectivity index (χ4n) is 1.99. The van der Waals surface area contributed by atoms with Gasteiger partial charge >= 0.3 is 0 Å². The Morgan fingerprint density at radius 2 is 2.16 bits per heavy atom. The summed E-state index contributed by atoms with van der Waals surface area (Å²) in [5.41, 5.74) is 3.90. The molecule has 0 spiro atoms. The summed E-state index contributed by atoms with van der Waals surface area (Å²) in [4.78, 5) is 3.75. The van der Waals surface area contributed by atoms with Crippen LogP contribution in [0, 0.1) is 11.6 Å². The van der Waals surface area contributed by atoms with Gasteiger partial charge in [0.25, 0.3) is 0 Å². The average molecular weight is 268 g/mol. The molecule has 1 aromatic heterocycles. The van der Waals surface area contributed by atoms with Crippen molar-refractivity contribution in [2.75, 3.05) is 6.54 Å². The van der Waals surface area contributed by atoms with E-state index in [4.69, 9.17) is 5.73 Å². The summed E-state index contributed by atoms with van der Waals surface area (Å²) in [6, 6.07) is 3.05. The maximum absolute atomic E-state index is 13.8. The standard InChI is InChI=1S/C12H14F2N4O/c13-9-1-2-10(11(14)5-9)12(19,3-4-15)6-18-8-16-7-17-18/h1-2,5,7-8,19H,3-4,6,15H2. The van der Waals surface area contributed by atoms with E-state index in [-0.39, 0.29) is 25.1 Å². The van der Waals surface area contributed by atoms with Crippen LogP contribution in [0.4, 0.5) is 8.78 Å². The highest BCUT2D eigenvalue weighted by molar-refractivity contribution is 5.25. The van der Waals surface area contributed by atoms with E-state index in [1.54, 1.807) is 0 Å². The number of halogens is 2. The molecule has 1 unspecified atom stereocenters. The van der Waals surface area contributed by atoms with E-state index in [0.29, 0.717) is 0 Å². The van der Waals surface area contributed by atoms with E-state index in [9.17, 15) is 13.9 Å². The largest absolute Gasteiger partial charge is 0.383 e. The topological polar surface area (TPSA) is 77.0 Å². The first-order chi connectivity index (χ1) is 9.05. The van der Waals surface area contributed by atoms with Crippen LogP contribution in [-0.4, -0.2) is 26.4 Å². The molecule has 0 saturated carbocycles. The van der Waals surface area contributed by atoms with Crippen LogP contribution in [0.2, 0.25) is 0 Å². The van der Waals surface area contributed by atoms with Crippen molar-refractivity contribution in [3.8, 4) is 0 Å². The van der Waals surface area contributed by atoms with E-state index in [2.05, 4.69) is 10.1 Å². The van der Waals surface area contributed by atoms with E-state index in [1.807, 2.05) is 0 Å². The monoisotopic (exact) mass is 268 g/mol. The lowest BCUT2D eigenvalue weighted by Crippen LogP contribution is -2.35. The molecule has 0 aliphatic rings. The van der Waals surface area contributed by atoms with Gasteiger partial charge in [0.05, 0.1) is 6.54 Å². The van der Waals surface area contributed by atoms with Crippen LogP contribution in [0.3, 0.4) is 0 Å². The smallest absolute Gasteiger partial charge is 0.137 e. The highest BCUT2D eigenvalue weighted by Gasteiger charge is 2.32. The van der Waals surface area contributed by atoms with Crippen LogP contribution in [0.5, 0.6) is 0 Å². The zero-order valence-electron chi connectivity index (χ0n) is 10.1. The quantitative estimate of drug-likeness (QED) is 0.840. The predicted molar refractivity (Wildman–Crippen MR) is 63.9 cm³/mol. The van der Waals surface area contributed by atoms with Gasteiger partial charge in [-0.15, -0.1) is 0 Å². The Morgan fingerprint density at radius 3 is 2.74 bits per heavy atom. The molecule has 0 aliphatic carbocycles. The maximum Gasteiger partial charge on any atom is 0.137 e. The number of rotatable bonds is 5. The van der Waals surface area contributed by atoms with Crippen molar-refractivity contribution in [2.45, 2.75) is 18.6 Å². The van der Waals surface area contributed by atoms with Crippen LogP contribution in [-0.2, 0) is 12.1 Å².